The third-order valence-electron chi connectivity index (χ3n) is 3.98. The molecule has 3 aromatic rings. The van der Waals surface area contributed by atoms with Crippen LogP contribution in [0.3, 0.4) is 0 Å². The van der Waals surface area contributed by atoms with Crippen LogP contribution in [0.15, 0.2) is 89.9 Å². The van der Waals surface area contributed by atoms with Gasteiger partial charge in [0.1, 0.15) is 0 Å². The standard InChI is InChI=1S/C21H20N3Si/c1-16(24-21(22)23)17-9-8-14-20(15-17)25(18-10-4-2-5-11-18)19-12-6-3-7-13-19/h2-15H,1H3,(H3,22,23). The molecule has 0 spiro atoms. The van der Waals surface area contributed by atoms with Gasteiger partial charge in [-0.2, -0.15) is 0 Å². The molecule has 25 heavy (non-hydrogen) atoms. The summed E-state index contributed by atoms with van der Waals surface area (Å²) in [5, 5.41) is 11.4. The molecule has 0 heterocycles. The normalized spacial score (nSPS) is 11.5. The fourth-order valence-electron chi connectivity index (χ4n) is 2.85. The molecule has 3 N–H and O–H groups in total. The number of nitrogens with two attached hydrogens (primary N) is 1. The van der Waals surface area contributed by atoms with E-state index in [-0.39, 0.29) is 5.96 Å². The lowest BCUT2D eigenvalue weighted by Gasteiger charge is -2.17. The Morgan fingerprint density at radius 3 is 1.84 bits per heavy atom. The van der Waals surface area contributed by atoms with Crippen LogP contribution in [-0.4, -0.2) is 20.5 Å². The minimum Gasteiger partial charge on any atom is -0.368 e. The van der Waals surface area contributed by atoms with Crippen molar-refractivity contribution in [3.63, 3.8) is 0 Å². The topological polar surface area (TPSA) is 62.2 Å². The summed E-state index contributed by atoms with van der Waals surface area (Å²) < 4.78 is 0. The van der Waals surface area contributed by atoms with Crippen LogP contribution in [0.4, 0.5) is 0 Å². The van der Waals surface area contributed by atoms with Gasteiger partial charge in [-0.25, -0.2) is 4.99 Å². The molecule has 0 aliphatic carbocycles. The molecule has 0 saturated heterocycles. The molecule has 3 aromatic carbocycles. The molecule has 3 nitrogen and oxygen atoms in total. The van der Waals surface area contributed by atoms with Gasteiger partial charge >= 0.3 is 0 Å². The molecule has 0 unspecified atom stereocenters. The first-order valence-electron chi connectivity index (χ1n) is 8.13. The maximum Gasteiger partial charge on any atom is 0.212 e. The van der Waals surface area contributed by atoms with Crippen LogP contribution in [0.1, 0.15) is 12.5 Å². The Balaban J connectivity index is 2.10. The third kappa shape index (κ3) is 4.11. The Labute approximate surface area is 150 Å². The maximum atomic E-state index is 7.38. The summed E-state index contributed by atoms with van der Waals surface area (Å²) in [4.78, 5) is 4.08. The summed E-state index contributed by atoms with van der Waals surface area (Å²) >= 11 is 0. The first-order chi connectivity index (χ1) is 12.1. The van der Waals surface area contributed by atoms with Gasteiger partial charge < -0.3 is 5.73 Å². The van der Waals surface area contributed by atoms with E-state index >= 15 is 0 Å². The zero-order chi connectivity index (χ0) is 17.6. The number of nitrogens with zero attached hydrogens (tertiary/aromatic N) is 1. The quantitative estimate of drug-likeness (QED) is 0.323. The van der Waals surface area contributed by atoms with Crippen molar-refractivity contribution in [1.29, 1.82) is 5.41 Å². The van der Waals surface area contributed by atoms with Crippen LogP contribution >= 0.6 is 0 Å². The van der Waals surface area contributed by atoms with Gasteiger partial charge in [-0.05, 0) is 17.7 Å². The second-order valence-corrected chi connectivity index (χ2v) is 8.25. The summed E-state index contributed by atoms with van der Waals surface area (Å²) in [6.45, 7) is 1.89. The SMILES string of the molecule is CC(=NC(=N)N)c1cccc([Si](c2ccccc2)c2ccccc2)c1. The van der Waals surface area contributed by atoms with Crippen LogP contribution in [-0.2, 0) is 0 Å². The van der Waals surface area contributed by atoms with Crippen molar-refractivity contribution < 1.29 is 0 Å². The Hall–Kier alpha value is -2.98. The van der Waals surface area contributed by atoms with Gasteiger partial charge in [-0.15, -0.1) is 0 Å². The Morgan fingerprint density at radius 2 is 1.32 bits per heavy atom. The average Bonchev–Trinajstić information content (AvgIpc) is 2.63. The van der Waals surface area contributed by atoms with Gasteiger partial charge in [-0.1, -0.05) is 95.3 Å². The van der Waals surface area contributed by atoms with Crippen molar-refractivity contribution in [3.05, 3.63) is 90.5 Å². The first-order valence-corrected chi connectivity index (χ1v) is 9.63. The van der Waals surface area contributed by atoms with E-state index in [1.807, 2.05) is 25.1 Å². The molecular formula is C21H20N3Si. The van der Waals surface area contributed by atoms with E-state index in [4.69, 9.17) is 11.1 Å². The molecule has 0 amide bonds. The predicted molar refractivity (Wildman–Crippen MR) is 108 cm³/mol. The molecule has 0 saturated carbocycles. The van der Waals surface area contributed by atoms with Crippen LogP contribution in [0, 0.1) is 5.41 Å². The van der Waals surface area contributed by atoms with Crippen LogP contribution < -0.4 is 21.3 Å². The van der Waals surface area contributed by atoms with E-state index in [1.54, 1.807) is 0 Å². The smallest absolute Gasteiger partial charge is 0.212 e. The molecule has 0 atom stereocenters. The van der Waals surface area contributed by atoms with E-state index in [0.29, 0.717) is 0 Å². The highest BCUT2D eigenvalue weighted by molar-refractivity contribution is 6.95. The van der Waals surface area contributed by atoms with Crippen molar-refractivity contribution in [2.45, 2.75) is 6.92 Å². The average molecular weight is 342 g/mol. The fourth-order valence-corrected chi connectivity index (χ4v) is 5.47. The number of aliphatic imine (C=N–C) groups is 1. The Morgan fingerprint density at radius 1 is 0.800 bits per heavy atom. The van der Waals surface area contributed by atoms with E-state index in [1.165, 1.54) is 15.6 Å². The van der Waals surface area contributed by atoms with Gasteiger partial charge in [0.15, 0.2) is 8.80 Å². The zero-order valence-corrected chi connectivity index (χ0v) is 15.1. The van der Waals surface area contributed by atoms with Crippen LogP contribution in [0.5, 0.6) is 0 Å². The van der Waals surface area contributed by atoms with Gasteiger partial charge in [0.05, 0.1) is 0 Å². The highest BCUT2D eigenvalue weighted by atomic mass is 28.3. The number of hydrogen-bond acceptors (Lipinski definition) is 1. The third-order valence-corrected chi connectivity index (χ3v) is 6.69. The van der Waals surface area contributed by atoms with Crippen molar-refractivity contribution in [3.8, 4) is 0 Å². The summed E-state index contributed by atoms with van der Waals surface area (Å²) in [6.07, 6.45) is 0. The molecule has 4 heteroatoms. The lowest BCUT2D eigenvalue weighted by Crippen LogP contribution is -2.52. The van der Waals surface area contributed by atoms with E-state index in [0.717, 1.165) is 11.3 Å². The number of benzene rings is 3. The summed E-state index contributed by atoms with van der Waals surface area (Å²) in [7, 11) is -1.10. The van der Waals surface area contributed by atoms with E-state index in [9.17, 15) is 0 Å². The van der Waals surface area contributed by atoms with Crippen molar-refractivity contribution in [2.75, 3.05) is 0 Å². The lowest BCUT2D eigenvalue weighted by atomic mass is 10.1. The molecule has 0 bridgehead atoms. The van der Waals surface area contributed by atoms with Crippen LogP contribution in [0.2, 0.25) is 0 Å². The fraction of sp³-hybridized carbons (Fsp3) is 0.0476. The molecule has 0 aliphatic heterocycles. The zero-order valence-electron chi connectivity index (χ0n) is 14.1. The number of nitrogens with one attached hydrogen (secondary N) is 1. The van der Waals surface area contributed by atoms with Gasteiger partial charge in [0, 0.05) is 5.71 Å². The van der Waals surface area contributed by atoms with Gasteiger partial charge in [0.25, 0.3) is 0 Å². The second-order valence-electron chi connectivity index (χ2n) is 5.77. The summed E-state index contributed by atoms with van der Waals surface area (Å²) in [6, 6.07) is 29.7. The van der Waals surface area contributed by atoms with E-state index in [2.05, 4.69) is 71.7 Å². The van der Waals surface area contributed by atoms with Gasteiger partial charge in [-0.3, -0.25) is 5.41 Å². The Bertz CT molecular complexity index is 850. The van der Waals surface area contributed by atoms with Crippen molar-refractivity contribution >= 4 is 36.0 Å². The highest BCUT2D eigenvalue weighted by Gasteiger charge is 2.19. The van der Waals surface area contributed by atoms with E-state index < -0.39 is 8.80 Å². The second kappa shape index (κ2) is 7.72. The molecular weight excluding hydrogens is 322 g/mol. The minimum absolute atomic E-state index is 0.167. The number of rotatable bonds is 4. The molecule has 0 aromatic heterocycles. The highest BCUT2D eigenvalue weighted by Crippen LogP contribution is 2.02. The lowest BCUT2D eigenvalue weighted by molar-refractivity contribution is 1.37. The molecule has 3 rings (SSSR count). The first kappa shape index (κ1) is 16.9. The maximum absolute atomic E-state index is 7.38. The monoisotopic (exact) mass is 342 g/mol. The number of guanidine groups is 1. The molecule has 1 radical (unpaired) electrons. The Kier molecular flexibility index (Phi) is 5.21. The summed E-state index contributed by atoms with van der Waals surface area (Å²) in [5.74, 6) is -0.167. The summed E-state index contributed by atoms with van der Waals surface area (Å²) in [5.41, 5.74) is 7.18. The predicted octanol–water partition coefficient (Wildman–Crippen LogP) is 1.91. The van der Waals surface area contributed by atoms with Crippen LogP contribution in [0.25, 0.3) is 0 Å². The minimum atomic E-state index is -1.10. The number of hydrogen-bond donors (Lipinski definition) is 2. The molecule has 0 aliphatic rings. The van der Waals surface area contributed by atoms with Gasteiger partial charge in [0.2, 0.25) is 5.96 Å². The molecule has 0 fully saturated rings. The van der Waals surface area contributed by atoms with Crippen molar-refractivity contribution in [1.82, 2.24) is 0 Å². The largest absolute Gasteiger partial charge is 0.368 e. The van der Waals surface area contributed by atoms with Crippen molar-refractivity contribution in [2.24, 2.45) is 10.7 Å². The molecule has 123 valence electrons.